The van der Waals surface area contributed by atoms with E-state index in [-0.39, 0.29) is 29.0 Å². The Morgan fingerprint density at radius 2 is 2.03 bits per heavy atom. The van der Waals surface area contributed by atoms with Gasteiger partial charge in [-0.05, 0) is 64.5 Å². The molecule has 3 aliphatic rings. The van der Waals surface area contributed by atoms with Gasteiger partial charge in [-0.25, -0.2) is 8.42 Å². The molecule has 3 heterocycles. The SMILES string of the molecule is C[C@@H]1CCCN(CC(C)(C)NC(=O)c2cc(C3CC3)n([C@@H]3CCS(=O)(=O)C3)n2)C1. The molecule has 2 atom stereocenters. The van der Waals surface area contributed by atoms with Crippen LogP contribution in [-0.2, 0) is 9.84 Å². The van der Waals surface area contributed by atoms with E-state index >= 15 is 0 Å². The van der Waals surface area contributed by atoms with Gasteiger partial charge in [0.05, 0.1) is 17.5 Å². The number of carbonyl (C=O) groups is 1. The molecule has 0 unspecified atom stereocenters. The predicted octanol–water partition coefficient (Wildman–Crippen LogP) is 2.36. The maximum absolute atomic E-state index is 13.0. The predicted molar refractivity (Wildman–Crippen MR) is 113 cm³/mol. The van der Waals surface area contributed by atoms with Gasteiger partial charge in [0.2, 0.25) is 0 Å². The summed E-state index contributed by atoms with van der Waals surface area (Å²) in [5.74, 6) is 1.30. The molecule has 1 aromatic rings. The lowest BCUT2D eigenvalue weighted by molar-refractivity contribution is 0.0857. The molecule has 1 amide bonds. The third-order valence-electron chi connectivity index (χ3n) is 6.36. The largest absolute Gasteiger partial charge is 0.344 e. The van der Waals surface area contributed by atoms with Crippen LogP contribution in [0.5, 0.6) is 0 Å². The first-order chi connectivity index (χ1) is 13.6. The first kappa shape index (κ1) is 20.8. The van der Waals surface area contributed by atoms with Crippen molar-refractivity contribution in [3.63, 3.8) is 0 Å². The zero-order valence-electron chi connectivity index (χ0n) is 17.9. The Kier molecular flexibility index (Phi) is 5.53. The van der Waals surface area contributed by atoms with E-state index in [9.17, 15) is 13.2 Å². The van der Waals surface area contributed by atoms with Crippen LogP contribution in [-0.4, -0.2) is 65.7 Å². The van der Waals surface area contributed by atoms with Crippen LogP contribution in [0.4, 0.5) is 0 Å². The summed E-state index contributed by atoms with van der Waals surface area (Å²) >= 11 is 0. The van der Waals surface area contributed by atoms with Crippen molar-refractivity contribution in [2.45, 2.75) is 70.4 Å². The Labute approximate surface area is 174 Å². The first-order valence-electron chi connectivity index (χ1n) is 11.0. The van der Waals surface area contributed by atoms with Gasteiger partial charge >= 0.3 is 0 Å². The summed E-state index contributed by atoms with van der Waals surface area (Å²) in [6, 6.07) is 1.75. The quantitative estimate of drug-likeness (QED) is 0.761. The van der Waals surface area contributed by atoms with E-state index in [4.69, 9.17) is 0 Å². The number of hydrogen-bond acceptors (Lipinski definition) is 5. The van der Waals surface area contributed by atoms with E-state index in [0.29, 0.717) is 24.0 Å². The Bertz CT molecular complexity index is 872. The number of amides is 1. The summed E-state index contributed by atoms with van der Waals surface area (Å²) in [4.78, 5) is 15.4. The lowest BCUT2D eigenvalue weighted by atomic mass is 9.97. The third kappa shape index (κ3) is 5.02. The molecule has 2 aliphatic heterocycles. The number of aromatic nitrogens is 2. The van der Waals surface area contributed by atoms with Crippen molar-refractivity contribution in [3.05, 3.63) is 17.5 Å². The fourth-order valence-corrected chi connectivity index (χ4v) is 6.56. The monoisotopic (exact) mass is 422 g/mol. The van der Waals surface area contributed by atoms with E-state index in [1.165, 1.54) is 12.8 Å². The van der Waals surface area contributed by atoms with Gasteiger partial charge in [-0.15, -0.1) is 0 Å². The number of likely N-dealkylation sites (tertiary alicyclic amines) is 1. The summed E-state index contributed by atoms with van der Waals surface area (Å²) in [5, 5.41) is 7.76. The molecule has 1 aliphatic carbocycles. The molecule has 3 fully saturated rings. The number of nitrogens with one attached hydrogen (secondary N) is 1. The molecular formula is C21H34N4O3S. The zero-order chi connectivity index (χ0) is 20.8. The molecule has 162 valence electrons. The van der Waals surface area contributed by atoms with Crippen LogP contribution in [0.2, 0.25) is 0 Å². The Balaban J connectivity index is 1.46. The Hall–Kier alpha value is -1.41. The van der Waals surface area contributed by atoms with Crippen molar-refractivity contribution in [2.75, 3.05) is 31.1 Å². The van der Waals surface area contributed by atoms with E-state index in [2.05, 4.69) is 36.1 Å². The highest BCUT2D eigenvalue weighted by Crippen LogP contribution is 2.42. The van der Waals surface area contributed by atoms with Gasteiger partial charge in [0, 0.05) is 30.2 Å². The maximum Gasteiger partial charge on any atom is 0.272 e. The van der Waals surface area contributed by atoms with E-state index < -0.39 is 9.84 Å². The summed E-state index contributed by atoms with van der Waals surface area (Å²) < 4.78 is 25.7. The smallest absolute Gasteiger partial charge is 0.272 e. The molecule has 29 heavy (non-hydrogen) atoms. The van der Waals surface area contributed by atoms with Gasteiger partial charge in [0.15, 0.2) is 9.84 Å². The first-order valence-corrected chi connectivity index (χ1v) is 12.8. The molecule has 1 N–H and O–H groups in total. The fourth-order valence-electron chi connectivity index (χ4n) is 4.86. The van der Waals surface area contributed by atoms with Crippen molar-refractivity contribution in [1.82, 2.24) is 20.0 Å². The zero-order valence-corrected chi connectivity index (χ0v) is 18.7. The second-order valence-corrected chi connectivity index (χ2v) is 12.3. The van der Waals surface area contributed by atoms with Crippen molar-refractivity contribution >= 4 is 15.7 Å². The van der Waals surface area contributed by atoms with Gasteiger partial charge in [0.25, 0.3) is 5.91 Å². The van der Waals surface area contributed by atoms with Crippen LogP contribution in [0.3, 0.4) is 0 Å². The van der Waals surface area contributed by atoms with Crippen molar-refractivity contribution in [2.24, 2.45) is 5.92 Å². The van der Waals surface area contributed by atoms with Crippen LogP contribution >= 0.6 is 0 Å². The van der Waals surface area contributed by atoms with Gasteiger partial charge in [-0.1, -0.05) is 6.92 Å². The molecule has 0 radical (unpaired) electrons. The van der Waals surface area contributed by atoms with Crippen LogP contribution < -0.4 is 5.32 Å². The van der Waals surface area contributed by atoms with E-state index in [1.54, 1.807) is 0 Å². The number of nitrogens with zero attached hydrogens (tertiary/aromatic N) is 3. The molecule has 0 bridgehead atoms. The molecule has 1 aromatic heterocycles. The average molecular weight is 423 g/mol. The third-order valence-corrected chi connectivity index (χ3v) is 8.11. The minimum absolute atomic E-state index is 0.133. The average Bonchev–Trinajstić information content (AvgIpc) is 3.25. The number of carbonyl (C=O) groups excluding carboxylic acids is 1. The van der Waals surface area contributed by atoms with Crippen LogP contribution in [0.25, 0.3) is 0 Å². The topological polar surface area (TPSA) is 84.3 Å². The molecule has 8 heteroatoms. The number of sulfone groups is 1. The number of rotatable bonds is 6. The molecule has 4 rings (SSSR count). The summed E-state index contributed by atoms with van der Waals surface area (Å²) in [5.41, 5.74) is 1.09. The van der Waals surface area contributed by atoms with Gasteiger partial charge in [0.1, 0.15) is 5.69 Å². The molecule has 2 saturated heterocycles. The summed E-state index contributed by atoms with van der Waals surface area (Å²) in [6.07, 6.45) is 5.26. The fraction of sp³-hybridized carbons (Fsp3) is 0.810. The normalized spacial score (nSPS) is 27.8. The highest BCUT2D eigenvalue weighted by molar-refractivity contribution is 7.91. The van der Waals surface area contributed by atoms with E-state index in [0.717, 1.165) is 38.2 Å². The molecule has 0 spiro atoms. The van der Waals surface area contributed by atoms with Gasteiger partial charge in [-0.2, -0.15) is 5.10 Å². The van der Waals surface area contributed by atoms with Gasteiger partial charge in [-0.3, -0.25) is 9.48 Å². The van der Waals surface area contributed by atoms with Crippen molar-refractivity contribution in [3.8, 4) is 0 Å². The van der Waals surface area contributed by atoms with Gasteiger partial charge < -0.3 is 10.2 Å². The molecular weight excluding hydrogens is 388 g/mol. The molecule has 7 nitrogen and oxygen atoms in total. The molecule has 0 aromatic carbocycles. The van der Waals surface area contributed by atoms with Crippen LogP contribution in [0.1, 0.15) is 81.0 Å². The number of hydrogen-bond donors (Lipinski definition) is 1. The molecule has 1 saturated carbocycles. The second-order valence-electron chi connectivity index (χ2n) is 10.1. The maximum atomic E-state index is 13.0. The minimum Gasteiger partial charge on any atom is -0.344 e. The van der Waals surface area contributed by atoms with Crippen molar-refractivity contribution < 1.29 is 13.2 Å². The highest BCUT2D eigenvalue weighted by Gasteiger charge is 2.36. The highest BCUT2D eigenvalue weighted by atomic mass is 32.2. The van der Waals surface area contributed by atoms with E-state index in [1.807, 2.05) is 10.7 Å². The number of piperidine rings is 1. The van der Waals surface area contributed by atoms with Crippen LogP contribution in [0.15, 0.2) is 6.07 Å². The minimum atomic E-state index is -2.99. The van der Waals surface area contributed by atoms with Crippen molar-refractivity contribution in [1.29, 1.82) is 0 Å². The summed E-state index contributed by atoms with van der Waals surface area (Å²) in [7, 11) is -2.99. The lowest BCUT2D eigenvalue weighted by Crippen LogP contribution is -2.53. The standard InChI is InChI=1S/C21H34N4O3S/c1-15-5-4-9-24(12-15)14-21(2,3)22-20(26)18-11-19(16-6-7-16)25(23-18)17-8-10-29(27,28)13-17/h11,15-17H,4-10,12-14H2,1-3H3,(H,22,26)/t15-,17-/m1/s1. The Morgan fingerprint density at radius 1 is 1.28 bits per heavy atom. The summed E-state index contributed by atoms with van der Waals surface area (Å²) in [6.45, 7) is 9.39. The Morgan fingerprint density at radius 3 is 2.66 bits per heavy atom. The lowest BCUT2D eigenvalue weighted by Gasteiger charge is -2.37. The second kappa shape index (κ2) is 7.69. The van der Waals surface area contributed by atoms with Crippen LogP contribution in [0, 0.1) is 5.92 Å².